The molecular weight excluding hydrogens is 355 g/mol. The third-order valence-electron chi connectivity index (χ3n) is 3.36. The van der Waals surface area contributed by atoms with Crippen LogP contribution >= 0.6 is 22.6 Å². The molecule has 20 heavy (non-hydrogen) atoms. The summed E-state index contributed by atoms with van der Waals surface area (Å²) in [5.41, 5.74) is 9.60. The van der Waals surface area contributed by atoms with E-state index in [2.05, 4.69) is 81.5 Å². The lowest BCUT2D eigenvalue weighted by Crippen LogP contribution is -1.96. The van der Waals surface area contributed by atoms with Crippen molar-refractivity contribution < 1.29 is 0 Å². The van der Waals surface area contributed by atoms with Crippen LogP contribution in [0.3, 0.4) is 0 Å². The Morgan fingerprint density at radius 1 is 0.600 bits per heavy atom. The van der Waals surface area contributed by atoms with Gasteiger partial charge in [0.2, 0.25) is 0 Å². The first-order valence-electron chi connectivity index (χ1n) is 7.25. The van der Waals surface area contributed by atoms with Crippen LogP contribution in [0.1, 0.15) is 41.7 Å². The summed E-state index contributed by atoms with van der Waals surface area (Å²) in [6, 6.07) is 9.09. The molecule has 0 aromatic heterocycles. The first-order chi connectivity index (χ1) is 9.40. The lowest BCUT2D eigenvalue weighted by Gasteiger charge is -2.16. The monoisotopic (exact) mass is 380 g/mol. The molecule has 0 amide bonds. The topological polar surface area (TPSA) is 0 Å². The van der Waals surface area contributed by atoms with E-state index in [9.17, 15) is 0 Å². The van der Waals surface area contributed by atoms with Crippen molar-refractivity contribution in [3.8, 4) is 11.1 Å². The van der Waals surface area contributed by atoms with E-state index in [-0.39, 0.29) is 0 Å². The van der Waals surface area contributed by atoms with Gasteiger partial charge in [0.1, 0.15) is 0 Å². The van der Waals surface area contributed by atoms with Crippen molar-refractivity contribution in [3.63, 3.8) is 0 Å². The van der Waals surface area contributed by atoms with Gasteiger partial charge in [-0.1, -0.05) is 37.6 Å². The highest BCUT2D eigenvalue weighted by Gasteiger charge is 2.12. The molecule has 0 radical (unpaired) electrons. The second kappa shape index (κ2) is 7.26. The van der Waals surface area contributed by atoms with E-state index in [4.69, 9.17) is 0 Å². The van der Waals surface area contributed by atoms with Crippen LogP contribution in [0.2, 0.25) is 0 Å². The van der Waals surface area contributed by atoms with E-state index in [1.54, 1.807) is 0 Å². The Bertz CT molecular complexity index is 508. The van der Waals surface area contributed by atoms with Crippen LogP contribution in [0.25, 0.3) is 11.1 Å². The minimum Gasteiger partial charge on any atom is -0.0683 e. The van der Waals surface area contributed by atoms with E-state index >= 15 is 0 Å². The van der Waals surface area contributed by atoms with Gasteiger partial charge in [-0.15, -0.1) is 0 Å². The zero-order chi connectivity index (χ0) is 15.4. The Hall–Kier alpha value is -0.830. The summed E-state index contributed by atoms with van der Waals surface area (Å²) < 4.78 is 1.35. The SMILES string of the molecule is CC.Cc1cc(C)c(-c2c(C)cc(C)cc2I)c(C)c1. The molecule has 2 rings (SSSR count). The molecular formula is C19H25I. The Labute approximate surface area is 137 Å². The number of benzene rings is 2. The Kier molecular flexibility index (Phi) is 6.25. The van der Waals surface area contributed by atoms with Gasteiger partial charge in [-0.2, -0.15) is 0 Å². The summed E-state index contributed by atoms with van der Waals surface area (Å²) in [4.78, 5) is 0. The minimum atomic E-state index is 1.34. The van der Waals surface area contributed by atoms with E-state index in [0.29, 0.717) is 0 Å². The molecule has 0 aliphatic rings. The van der Waals surface area contributed by atoms with Crippen LogP contribution in [0.5, 0.6) is 0 Å². The molecule has 0 bridgehead atoms. The Morgan fingerprint density at radius 2 is 0.950 bits per heavy atom. The largest absolute Gasteiger partial charge is 0.0683 e. The van der Waals surface area contributed by atoms with E-state index in [0.717, 1.165) is 0 Å². The summed E-state index contributed by atoms with van der Waals surface area (Å²) in [5, 5.41) is 0. The fourth-order valence-electron chi connectivity index (χ4n) is 2.81. The molecule has 0 atom stereocenters. The van der Waals surface area contributed by atoms with Gasteiger partial charge >= 0.3 is 0 Å². The third kappa shape index (κ3) is 3.63. The number of hydrogen-bond acceptors (Lipinski definition) is 0. The predicted molar refractivity (Wildman–Crippen MR) is 99.6 cm³/mol. The smallest absolute Gasteiger partial charge is 0.0214 e. The summed E-state index contributed by atoms with van der Waals surface area (Å²) in [7, 11) is 0. The molecule has 0 aliphatic carbocycles. The van der Waals surface area contributed by atoms with Gasteiger partial charge in [0.15, 0.2) is 0 Å². The minimum absolute atomic E-state index is 1.34. The average molecular weight is 380 g/mol. The zero-order valence-electron chi connectivity index (χ0n) is 13.7. The van der Waals surface area contributed by atoms with Gasteiger partial charge in [-0.25, -0.2) is 0 Å². The Balaban J connectivity index is 0.000000956. The molecule has 1 heteroatoms. The summed E-state index contributed by atoms with van der Waals surface area (Å²) >= 11 is 2.46. The molecule has 0 fully saturated rings. The highest BCUT2D eigenvalue weighted by Crippen LogP contribution is 2.35. The van der Waals surface area contributed by atoms with Crippen LogP contribution < -0.4 is 0 Å². The van der Waals surface area contributed by atoms with E-state index in [1.807, 2.05) is 13.8 Å². The first kappa shape index (κ1) is 17.2. The summed E-state index contributed by atoms with van der Waals surface area (Å²) in [6.45, 7) is 15.0. The highest BCUT2D eigenvalue weighted by molar-refractivity contribution is 14.1. The molecule has 2 aromatic carbocycles. The normalized spacial score (nSPS) is 10.0. The van der Waals surface area contributed by atoms with Gasteiger partial charge in [0.05, 0.1) is 0 Å². The van der Waals surface area contributed by atoms with Gasteiger partial charge in [0.25, 0.3) is 0 Å². The van der Waals surface area contributed by atoms with Gasteiger partial charge in [-0.3, -0.25) is 0 Å². The molecule has 0 saturated heterocycles. The van der Waals surface area contributed by atoms with Gasteiger partial charge in [-0.05, 0) is 96.7 Å². The molecule has 0 nitrogen and oxygen atoms in total. The van der Waals surface area contributed by atoms with Crippen molar-refractivity contribution in [3.05, 3.63) is 55.7 Å². The van der Waals surface area contributed by atoms with Crippen molar-refractivity contribution in [1.82, 2.24) is 0 Å². The maximum atomic E-state index is 2.46. The second-order valence-electron chi connectivity index (χ2n) is 5.21. The fourth-order valence-corrected chi connectivity index (χ4v) is 3.99. The van der Waals surface area contributed by atoms with Crippen LogP contribution in [-0.2, 0) is 0 Å². The van der Waals surface area contributed by atoms with Crippen molar-refractivity contribution >= 4 is 22.6 Å². The number of rotatable bonds is 1. The maximum Gasteiger partial charge on any atom is 0.0214 e. The lowest BCUT2D eigenvalue weighted by atomic mass is 9.90. The summed E-state index contributed by atoms with van der Waals surface area (Å²) in [5.74, 6) is 0. The molecule has 0 unspecified atom stereocenters. The predicted octanol–water partition coefficient (Wildman–Crippen LogP) is 6.53. The van der Waals surface area contributed by atoms with Crippen molar-refractivity contribution in [2.75, 3.05) is 0 Å². The number of aryl methyl sites for hydroxylation is 5. The van der Waals surface area contributed by atoms with Crippen molar-refractivity contribution in [2.45, 2.75) is 48.5 Å². The molecule has 0 aliphatic heterocycles. The number of hydrogen-bond donors (Lipinski definition) is 0. The van der Waals surface area contributed by atoms with E-state index in [1.165, 1.54) is 42.5 Å². The van der Waals surface area contributed by atoms with Crippen molar-refractivity contribution in [2.24, 2.45) is 0 Å². The van der Waals surface area contributed by atoms with Crippen LogP contribution in [-0.4, -0.2) is 0 Å². The molecule has 0 spiro atoms. The van der Waals surface area contributed by atoms with Gasteiger partial charge in [0, 0.05) is 3.57 Å². The highest BCUT2D eigenvalue weighted by atomic mass is 127. The summed E-state index contributed by atoms with van der Waals surface area (Å²) in [6.07, 6.45) is 0. The van der Waals surface area contributed by atoms with Crippen LogP contribution in [0.4, 0.5) is 0 Å². The quantitative estimate of drug-likeness (QED) is 0.494. The molecule has 0 N–H and O–H groups in total. The maximum absolute atomic E-state index is 2.46. The van der Waals surface area contributed by atoms with Crippen LogP contribution in [0.15, 0.2) is 24.3 Å². The standard InChI is InChI=1S/C17H19I.C2H6/c1-10-6-12(3)16(13(4)7-10)17-14(5)8-11(2)9-15(17)18;1-2/h6-9H,1-5H3;1-2H3. The zero-order valence-corrected chi connectivity index (χ0v) is 15.8. The van der Waals surface area contributed by atoms with Gasteiger partial charge < -0.3 is 0 Å². The number of halogens is 1. The average Bonchev–Trinajstić information content (AvgIpc) is 2.33. The third-order valence-corrected chi connectivity index (χ3v) is 4.21. The molecule has 2 aromatic rings. The lowest BCUT2D eigenvalue weighted by molar-refractivity contribution is 1.29. The second-order valence-corrected chi connectivity index (χ2v) is 6.37. The first-order valence-corrected chi connectivity index (χ1v) is 8.33. The van der Waals surface area contributed by atoms with Crippen LogP contribution in [0, 0.1) is 38.2 Å². The molecule has 0 heterocycles. The Morgan fingerprint density at radius 3 is 1.35 bits per heavy atom. The molecule has 0 saturated carbocycles. The van der Waals surface area contributed by atoms with E-state index < -0.39 is 0 Å². The van der Waals surface area contributed by atoms with Crippen molar-refractivity contribution in [1.29, 1.82) is 0 Å². The molecule has 108 valence electrons. The fraction of sp³-hybridized carbons (Fsp3) is 0.368.